The summed E-state index contributed by atoms with van der Waals surface area (Å²) in [4.78, 5) is 42.0. The molecule has 1 saturated carbocycles. The third-order valence-corrected chi connectivity index (χ3v) is 13.0. The number of sulfonamides is 1. The van der Waals surface area contributed by atoms with Crippen LogP contribution in [0.2, 0.25) is 0 Å². The monoisotopic (exact) mass is 736 g/mol. The lowest BCUT2D eigenvalue weighted by molar-refractivity contribution is -0.145. The molecule has 5 atom stereocenters. The van der Waals surface area contributed by atoms with E-state index in [2.05, 4.69) is 20.7 Å². The van der Waals surface area contributed by atoms with Crippen molar-refractivity contribution in [3.8, 4) is 5.75 Å². The minimum absolute atomic E-state index is 0.0423. The molecule has 4 aliphatic rings. The summed E-state index contributed by atoms with van der Waals surface area (Å²) >= 11 is 0. The molecule has 3 heterocycles. The normalized spacial score (nSPS) is 23.8. The van der Waals surface area contributed by atoms with E-state index in [9.17, 15) is 27.9 Å². The van der Waals surface area contributed by atoms with E-state index in [1.165, 1.54) is 0 Å². The molecule has 282 valence electrons. The van der Waals surface area contributed by atoms with Crippen LogP contribution >= 0.6 is 0 Å². The number of amides is 2. The van der Waals surface area contributed by atoms with E-state index in [0.29, 0.717) is 42.7 Å². The van der Waals surface area contributed by atoms with Gasteiger partial charge in [-0.2, -0.15) is 0 Å². The Morgan fingerprint density at radius 3 is 2.52 bits per heavy atom. The Balaban J connectivity index is 1.05. The first-order valence-electron chi connectivity index (χ1n) is 18.4. The summed E-state index contributed by atoms with van der Waals surface area (Å²) in [6, 6.07) is 5.54. The smallest absolute Gasteiger partial charge is 0.326 e. The van der Waals surface area contributed by atoms with Gasteiger partial charge >= 0.3 is 5.97 Å². The maximum absolute atomic E-state index is 14.1. The number of nitrogens with one attached hydrogen (secondary N) is 5. The number of likely N-dealkylation sites (tertiary alicyclic amines) is 1. The molecule has 2 aromatic rings. The predicted octanol–water partition coefficient (Wildman–Crippen LogP) is 3.35. The van der Waals surface area contributed by atoms with Gasteiger partial charge in [0.05, 0.1) is 10.9 Å². The van der Waals surface area contributed by atoms with Gasteiger partial charge in [0.1, 0.15) is 23.4 Å². The van der Waals surface area contributed by atoms with Crippen molar-refractivity contribution in [3.05, 3.63) is 57.6 Å². The molecular formula is C38H52N6O7S. The molecule has 0 aromatic heterocycles. The van der Waals surface area contributed by atoms with E-state index in [1.807, 2.05) is 45.0 Å². The summed E-state index contributed by atoms with van der Waals surface area (Å²) in [5.74, 6) is -1.31. The summed E-state index contributed by atoms with van der Waals surface area (Å²) in [6.07, 6.45) is 5.66. The van der Waals surface area contributed by atoms with Crippen LogP contribution in [0.4, 0.5) is 0 Å². The van der Waals surface area contributed by atoms with E-state index in [-0.39, 0.29) is 42.1 Å². The number of carboxylic acid groups (broad SMARTS) is 1. The molecule has 2 unspecified atom stereocenters. The van der Waals surface area contributed by atoms with Gasteiger partial charge in [-0.3, -0.25) is 15.0 Å². The number of guanidine groups is 1. The minimum Gasteiger partial charge on any atom is -0.487 e. The van der Waals surface area contributed by atoms with E-state index in [0.717, 1.165) is 47.9 Å². The average molecular weight is 737 g/mol. The van der Waals surface area contributed by atoms with Crippen molar-refractivity contribution >= 4 is 33.8 Å². The van der Waals surface area contributed by atoms with Gasteiger partial charge in [0, 0.05) is 31.1 Å². The van der Waals surface area contributed by atoms with Gasteiger partial charge in [-0.15, -0.1) is 0 Å². The summed E-state index contributed by atoms with van der Waals surface area (Å²) in [5, 5.41) is 27.2. The highest BCUT2D eigenvalue weighted by atomic mass is 32.2. The number of aliphatic carboxylic acids is 1. The molecule has 1 saturated heterocycles. The van der Waals surface area contributed by atoms with Gasteiger partial charge in [-0.1, -0.05) is 37.1 Å². The van der Waals surface area contributed by atoms with Crippen molar-refractivity contribution in [3.63, 3.8) is 0 Å². The topological polar surface area (TPSA) is 190 Å². The van der Waals surface area contributed by atoms with Crippen LogP contribution in [0.1, 0.15) is 92.2 Å². The zero-order valence-electron chi connectivity index (χ0n) is 30.7. The second kappa shape index (κ2) is 14.7. The highest BCUT2D eigenvalue weighted by Gasteiger charge is 2.49. The maximum atomic E-state index is 14.1. The van der Waals surface area contributed by atoms with Gasteiger partial charge in [0.2, 0.25) is 17.8 Å². The molecule has 2 amide bonds. The molecule has 2 fully saturated rings. The zero-order chi connectivity index (χ0) is 37.5. The Bertz CT molecular complexity index is 1880. The number of hydrogen-bond donors (Lipinski definition) is 6. The van der Waals surface area contributed by atoms with Crippen LogP contribution in [0.25, 0.3) is 0 Å². The largest absolute Gasteiger partial charge is 0.487 e. The van der Waals surface area contributed by atoms with Crippen molar-refractivity contribution < 1.29 is 32.6 Å². The Morgan fingerprint density at radius 2 is 1.79 bits per heavy atom. The predicted molar refractivity (Wildman–Crippen MR) is 196 cm³/mol. The van der Waals surface area contributed by atoms with E-state index in [4.69, 9.17) is 10.1 Å². The number of rotatable bonds is 10. The van der Waals surface area contributed by atoms with E-state index >= 15 is 0 Å². The first-order valence-corrected chi connectivity index (χ1v) is 19.9. The number of carbonyl (C=O) groups is 3. The third kappa shape index (κ3) is 7.50. The SMILES string of the molecule is Cc1c(C)c(S(=O)(=O)NC(=N)NCCC[C@H](NC(=O)[C@@H]2CC3CCCCC3N2C(=O)[C@H]2Cc3ccccc3CN2)C(=O)O)c(C)c2c1OC(C)(C)C2. The van der Waals surface area contributed by atoms with Crippen LogP contribution in [0.5, 0.6) is 5.75 Å². The van der Waals surface area contributed by atoms with Crippen molar-refractivity contribution in [2.45, 2.75) is 134 Å². The quantitative estimate of drug-likeness (QED) is 0.121. The Hall–Kier alpha value is -4.17. The molecule has 0 spiro atoms. The number of carbonyl (C=O) groups excluding carboxylic acids is 2. The second-order valence-electron chi connectivity index (χ2n) is 15.5. The lowest BCUT2D eigenvalue weighted by Gasteiger charge is -2.37. The summed E-state index contributed by atoms with van der Waals surface area (Å²) in [5.41, 5.74) is 4.55. The van der Waals surface area contributed by atoms with E-state index < -0.39 is 51.6 Å². The van der Waals surface area contributed by atoms with Crippen LogP contribution in [0.3, 0.4) is 0 Å². The van der Waals surface area contributed by atoms with Gasteiger partial charge in [0.25, 0.3) is 10.0 Å². The number of benzene rings is 2. The number of fused-ring (bicyclic) bond motifs is 3. The number of ether oxygens (including phenoxy) is 1. The highest BCUT2D eigenvalue weighted by Crippen LogP contribution is 2.44. The first kappa shape index (κ1) is 37.6. The second-order valence-corrected chi connectivity index (χ2v) is 17.1. The molecule has 14 heteroatoms. The number of carboxylic acids is 1. The Labute approximate surface area is 306 Å². The highest BCUT2D eigenvalue weighted by molar-refractivity contribution is 7.90. The summed E-state index contributed by atoms with van der Waals surface area (Å²) in [7, 11) is -4.12. The van der Waals surface area contributed by atoms with Gasteiger partial charge in [-0.05, 0) is 107 Å². The zero-order valence-corrected chi connectivity index (χ0v) is 31.5. The molecule has 13 nitrogen and oxygen atoms in total. The van der Waals surface area contributed by atoms with Crippen LogP contribution in [-0.2, 0) is 43.8 Å². The average Bonchev–Trinajstić information content (AvgIpc) is 3.65. The summed E-state index contributed by atoms with van der Waals surface area (Å²) < 4.78 is 35.4. The molecule has 6 N–H and O–H groups in total. The first-order chi connectivity index (χ1) is 24.6. The molecule has 52 heavy (non-hydrogen) atoms. The molecule has 0 radical (unpaired) electrons. The van der Waals surface area contributed by atoms with Crippen molar-refractivity contribution in [2.75, 3.05) is 6.54 Å². The third-order valence-electron chi connectivity index (χ3n) is 11.4. The van der Waals surface area contributed by atoms with Crippen molar-refractivity contribution in [2.24, 2.45) is 5.92 Å². The Morgan fingerprint density at radius 1 is 1.08 bits per heavy atom. The van der Waals surface area contributed by atoms with Crippen LogP contribution in [-0.4, -0.2) is 78.5 Å². The fourth-order valence-corrected chi connectivity index (χ4v) is 10.3. The van der Waals surface area contributed by atoms with Gasteiger partial charge < -0.3 is 30.7 Å². The number of hydrogen-bond acceptors (Lipinski definition) is 8. The minimum atomic E-state index is -4.12. The number of nitrogens with zero attached hydrogens (tertiary/aromatic N) is 1. The van der Waals surface area contributed by atoms with Gasteiger partial charge in [-0.25, -0.2) is 17.9 Å². The molecule has 3 aliphatic heterocycles. The maximum Gasteiger partial charge on any atom is 0.326 e. The van der Waals surface area contributed by atoms with Crippen LogP contribution in [0.15, 0.2) is 29.2 Å². The standard InChI is InChI=1S/C38H52N6O7S/c1-21-22(2)33(23(3)27-19-38(4,5)51-32(21)27)52(49,50)43-37(39)40-16-10-14-28(36(47)48)42-34(45)31-18-25-12-8-9-15-30(25)44(31)35(46)29-17-24-11-6-7-13-26(24)20-41-29/h6-7,11,13,25,28-31,41H,8-10,12,14-20H2,1-5H3,(H,42,45)(H,47,48)(H3,39,40,43)/t25?,28-,29+,30?,31-/m0/s1. The van der Waals surface area contributed by atoms with Crippen LogP contribution in [0, 0.1) is 32.1 Å². The molecule has 0 bridgehead atoms. The van der Waals surface area contributed by atoms with Gasteiger partial charge in [0.15, 0.2) is 0 Å². The Kier molecular flexibility index (Phi) is 10.6. The van der Waals surface area contributed by atoms with E-state index in [1.54, 1.807) is 18.7 Å². The lowest BCUT2D eigenvalue weighted by atomic mass is 9.84. The molecule has 1 aliphatic carbocycles. The fourth-order valence-electron chi connectivity index (χ4n) is 8.73. The fraction of sp³-hybridized carbons (Fsp3) is 0.579. The molecule has 6 rings (SSSR count). The molecular weight excluding hydrogens is 685 g/mol. The van der Waals surface area contributed by atoms with Crippen LogP contribution < -0.4 is 25.4 Å². The van der Waals surface area contributed by atoms with Crippen molar-refractivity contribution in [1.29, 1.82) is 5.41 Å². The lowest BCUT2D eigenvalue weighted by Crippen LogP contribution is -2.58. The molecule has 2 aromatic carbocycles. The summed E-state index contributed by atoms with van der Waals surface area (Å²) in [6.45, 7) is 9.89. The van der Waals surface area contributed by atoms with Crippen molar-refractivity contribution in [1.82, 2.24) is 25.6 Å².